The van der Waals surface area contributed by atoms with Gasteiger partial charge in [0.15, 0.2) is 6.10 Å². The van der Waals surface area contributed by atoms with Crippen molar-refractivity contribution in [3.05, 3.63) is 65.0 Å². The van der Waals surface area contributed by atoms with Gasteiger partial charge >= 0.3 is 0 Å². The minimum atomic E-state index is -0.323. The quantitative estimate of drug-likeness (QED) is 0.691. The molecular formula is C17H15ClN2O2. The predicted molar refractivity (Wildman–Crippen MR) is 85.0 cm³/mol. The standard InChI is InChI=1S/C17H15ClN2O2/c1-11-3-9-15(10-4-11)21-12(2)17-19-16(20-22-17)13-5-7-14(18)8-6-13/h3-10,12H,1-2H3/t12-/m0/s1. The molecule has 0 saturated heterocycles. The minimum absolute atomic E-state index is 0.323. The Hall–Kier alpha value is -2.33. The molecule has 3 rings (SSSR count). The summed E-state index contributed by atoms with van der Waals surface area (Å²) in [6, 6.07) is 15.1. The predicted octanol–water partition coefficient (Wildman–Crippen LogP) is 4.84. The van der Waals surface area contributed by atoms with Gasteiger partial charge in [-0.1, -0.05) is 34.5 Å². The molecule has 0 aliphatic heterocycles. The van der Waals surface area contributed by atoms with Gasteiger partial charge in [0.1, 0.15) is 5.75 Å². The maximum atomic E-state index is 5.87. The smallest absolute Gasteiger partial charge is 0.267 e. The Morgan fingerprint density at radius 3 is 2.41 bits per heavy atom. The van der Waals surface area contributed by atoms with Gasteiger partial charge in [-0.3, -0.25) is 0 Å². The van der Waals surface area contributed by atoms with Gasteiger partial charge in [0.2, 0.25) is 5.82 Å². The summed E-state index contributed by atoms with van der Waals surface area (Å²) in [4.78, 5) is 4.38. The fourth-order valence-corrected chi connectivity index (χ4v) is 2.11. The molecule has 0 unspecified atom stereocenters. The molecule has 0 bridgehead atoms. The number of aromatic nitrogens is 2. The SMILES string of the molecule is Cc1ccc(O[C@@H](C)c2nc(-c3ccc(Cl)cc3)no2)cc1. The summed E-state index contributed by atoms with van der Waals surface area (Å²) in [5, 5.41) is 4.65. The van der Waals surface area contributed by atoms with Gasteiger partial charge in [0, 0.05) is 10.6 Å². The Morgan fingerprint density at radius 1 is 1.05 bits per heavy atom. The highest BCUT2D eigenvalue weighted by Gasteiger charge is 2.16. The van der Waals surface area contributed by atoms with Gasteiger partial charge < -0.3 is 9.26 Å². The fourth-order valence-electron chi connectivity index (χ4n) is 1.99. The van der Waals surface area contributed by atoms with Crippen molar-refractivity contribution < 1.29 is 9.26 Å². The van der Waals surface area contributed by atoms with E-state index < -0.39 is 0 Å². The summed E-state index contributed by atoms with van der Waals surface area (Å²) in [6.45, 7) is 3.91. The minimum Gasteiger partial charge on any atom is -0.481 e. The van der Waals surface area contributed by atoms with Crippen LogP contribution in [-0.2, 0) is 0 Å². The highest BCUT2D eigenvalue weighted by Crippen LogP contribution is 2.24. The van der Waals surface area contributed by atoms with Gasteiger partial charge in [-0.2, -0.15) is 4.98 Å². The van der Waals surface area contributed by atoms with Crippen LogP contribution in [0.3, 0.4) is 0 Å². The number of ether oxygens (including phenoxy) is 1. The molecule has 0 N–H and O–H groups in total. The van der Waals surface area contributed by atoms with Crippen LogP contribution in [0.25, 0.3) is 11.4 Å². The van der Waals surface area contributed by atoms with E-state index in [0.29, 0.717) is 16.7 Å². The molecule has 1 aromatic heterocycles. The largest absolute Gasteiger partial charge is 0.481 e. The Balaban J connectivity index is 1.75. The lowest BCUT2D eigenvalue weighted by Crippen LogP contribution is -2.03. The summed E-state index contributed by atoms with van der Waals surface area (Å²) in [5.41, 5.74) is 2.03. The molecule has 0 spiro atoms. The first kappa shape index (κ1) is 14.6. The van der Waals surface area contributed by atoms with E-state index in [1.54, 1.807) is 12.1 Å². The molecule has 2 aromatic carbocycles. The number of nitrogens with zero attached hydrogens (tertiary/aromatic N) is 2. The van der Waals surface area contributed by atoms with Crippen LogP contribution in [0.5, 0.6) is 5.75 Å². The molecule has 1 heterocycles. The van der Waals surface area contributed by atoms with Crippen LogP contribution in [0.1, 0.15) is 24.5 Å². The summed E-state index contributed by atoms with van der Waals surface area (Å²) in [7, 11) is 0. The van der Waals surface area contributed by atoms with E-state index in [0.717, 1.165) is 11.3 Å². The lowest BCUT2D eigenvalue weighted by atomic mass is 10.2. The van der Waals surface area contributed by atoms with Gasteiger partial charge in [-0.25, -0.2) is 0 Å². The molecule has 0 radical (unpaired) electrons. The second kappa shape index (κ2) is 6.20. The molecular weight excluding hydrogens is 300 g/mol. The van der Waals surface area contributed by atoms with Crippen LogP contribution in [0.2, 0.25) is 5.02 Å². The van der Waals surface area contributed by atoms with Crippen molar-refractivity contribution >= 4 is 11.6 Å². The summed E-state index contributed by atoms with van der Waals surface area (Å²) in [6.07, 6.45) is -0.323. The molecule has 22 heavy (non-hydrogen) atoms. The van der Waals surface area contributed by atoms with E-state index in [9.17, 15) is 0 Å². The maximum Gasteiger partial charge on any atom is 0.267 e. The Labute approximate surface area is 133 Å². The first-order chi connectivity index (χ1) is 10.6. The molecule has 3 aromatic rings. The number of aryl methyl sites for hydroxylation is 1. The first-order valence-electron chi connectivity index (χ1n) is 6.95. The van der Waals surface area contributed by atoms with Crippen molar-refractivity contribution in [2.24, 2.45) is 0 Å². The molecule has 0 fully saturated rings. The zero-order valence-corrected chi connectivity index (χ0v) is 13.0. The molecule has 0 aliphatic carbocycles. The van der Waals surface area contributed by atoms with E-state index in [-0.39, 0.29) is 6.10 Å². The topological polar surface area (TPSA) is 48.2 Å². The fraction of sp³-hybridized carbons (Fsp3) is 0.176. The Bertz CT molecular complexity index is 751. The first-order valence-corrected chi connectivity index (χ1v) is 7.32. The lowest BCUT2D eigenvalue weighted by molar-refractivity contribution is 0.176. The van der Waals surface area contributed by atoms with Crippen LogP contribution in [-0.4, -0.2) is 10.1 Å². The van der Waals surface area contributed by atoms with Crippen molar-refractivity contribution in [3.8, 4) is 17.1 Å². The van der Waals surface area contributed by atoms with Crippen LogP contribution in [0.15, 0.2) is 53.1 Å². The van der Waals surface area contributed by atoms with Crippen LogP contribution < -0.4 is 4.74 Å². The molecule has 4 nitrogen and oxygen atoms in total. The average Bonchev–Trinajstić information content (AvgIpc) is 3.00. The van der Waals surface area contributed by atoms with Crippen LogP contribution in [0.4, 0.5) is 0 Å². The van der Waals surface area contributed by atoms with Crippen molar-refractivity contribution in [2.45, 2.75) is 20.0 Å². The van der Waals surface area contributed by atoms with E-state index >= 15 is 0 Å². The molecule has 0 aliphatic rings. The normalized spacial score (nSPS) is 12.1. The second-order valence-electron chi connectivity index (χ2n) is 5.04. The van der Waals surface area contributed by atoms with E-state index in [1.165, 1.54) is 5.56 Å². The third-order valence-electron chi connectivity index (χ3n) is 3.23. The summed E-state index contributed by atoms with van der Waals surface area (Å²) < 4.78 is 11.1. The van der Waals surface area contributed by atoms with Gasteiger partial charge in [-0.15, -0.1) is 0 Å². The zero-order chi connectivity index (χ0) is 15.5. The van der Waals surface area contributed by atoms with E-state index in [1.807, 2.05) is 50.2 Å². The van der Waals surface area contributed by atoms with Crippen molar-refractivity contribution in [2.75, 3.05) is 0 Å². The highest BCUT2D eigenvalue weighted by molar-refractivity contribution is 6.30. The second-order valence-corrected chi connectivity index (χ2v) is 5.47. The van der Waals surface area contributed by atoms with Gasteiger partial charge in [0.25, 0.3) is 5.89 Å². The number of hydrogen-bond donors (Lipinski definition) is 0. The third-order valence-corrected chi connectivity index (χ3v) is 3.48. The van der Waals surface area contributed by atoms with Gasteiger partial charge in [0.05, 0.1) is 0 Å². The summed E-state index contributed by atoms with van der Waals surface area (Å²) in [5.74, 6) is 1.72. The monoisotopic (exact) mass is 314 g/mol. The van der Waals surface area contributed by atoms with Crippen molar-refractivity contribution in [3.63, 3.8) is 0 Å². The van der Waals surface area contributed by atoms with E-state index in [2.05, 4.69) is 10.1 Å². The highest BCUT2D eigenvalue weighted by atomic mass is 35.5. The Morgan fingerprint density at radius 2 is 1.73 bits per heavy atom. The van der Waals surface area contributed by atoms with Gasteiger partial charge in [-0.05, 0) is 50.2 Å². The number of rotatable bonds is 4. The molecule has 0 saturated carbocycles. The number of halogens is 1. The molecule has 0 amide bonds. The average molecular weight is 315 g/mol. The van der Waals surface area contributed by atoms with Crippen LogP contribution in [0, 0.1) is 6.92 Å². The van der Waals surface area contributed by atoms with Crippen LogP contribution >= 0.6 is 11.6 Å². The maximum absolute atomic E-state index is 5.87. The zero-order valence-electron chi connectivity index (χ0n) is 12.3. The summed E-state index contributed by atoms with van der Waals surface area (Å²) >= 11 is 5.87. The van der Waals surface area contributed by atoms with Crippen molar-refractivity contribution in [1.82, 2.24) is 10.1 Å². The lowest BCUT2D eigenvalue weighted by Gasteiger charge is -2.10. The van der Waals surface area contributed by atoms with E-state index in [4.69, 9.17) is 20.9 Å². The van der Waals surface area contributed by atoms with Crippen molar-refractivity contribution in [1.29, 1.82) is 0 Å². The molecule has 1 atom stereocenters. The molecule has 5 heteroatoms. The number of hydrogen-bond acceptors (Lipinski definition) is 4. The Kier molecular flexibility index (Phi) is 4.11. The number of benzene rings is 2. The third kappa shape index (κ3) is 3.28. The molecule has 112 valence electrons.